The van der Waals surface area contributed by atoms with Crippen LogP contribution in [0, 0.1) is 23.2 Å². The average molecular weight is 375 g/mol. The predicted molar refractivity (Wildman–Crippen MR) is 96.0 cm³/mol. The zero-order chi connectivity index (χ0) is 18.9. The third-order valence-corrected chi connectivity index (χ3v) is 6.71. The van der Waals surface area contributed by atoms with Gasteiger partial charge in [0, 0.05) is 37.6 Å². The highest BCUT2D eigenvalue weighted by atomic mass is 19.4. The van der Waals surface area contributed by atoms with Crippen molar-refractivity contribution in [1.82, 2.24) is 10.6 Å². The molecule has 2 N–H and O–H groups in total. The van der Waals surface area contributed by atoms with Gasteiger partial charge in [-0.05, 0) is 44.4 Å². The van der Waals surface area contributed by atoms with Crippen molar-refractivity contribution in [3.63, 3.8) is 0 Å². The summed E-state index contributed by atoms with van der Waals surface area (Å²) in [6.45, 7) is 5.98. The zero-order valence-electron chi connectivity index (χ0n) is 16.0. The second-order valence-corrected chi connectivity index (χ2v) is 8.75. The van der Waals surface area contributed by atoms with Crippen molar-refractivity contribution in [2.75, 3.05) is 20.2 Å². The lowest BCUT2D eigenvalue weighted by Crippen LogP contribution is -2.71. The number of hydrogen-bond acceptors (Lipinski definition) is 2. The molecule has 0 amide bonds. The minimum absolute atomic E-state index is 0.0630. The van der Waals surface area contributed by atoms with E-state index in [9.17, 15) is 13.2 Å². The van der Waals surface area contributed by atoms with E-state index in [4.69, 9.17) is 4.74 Å². The van der Waals surface area contributed by atoms with E-state index in [0.29, 0.717) is 37.5 Å². The van der Waals surface area contributed by atoms with Crippen molar-refractivity contribution >= 4 is 5.96 Å². The molecule has 3 aliphatic rings. The van der Waals surface area contributed by atoms with Crippen LogP contribution < -0.4 is 10.6 Å². The summed E-state index contributed by atoms with van der Waals surface area (Å²) < 4.78 is 44.3. The predicted octanol–water partition coefficient (Wildman–Crippen LogP) is 3.72. The molecule has 0 aromatic rings. The number of hydrogen-bond donors (Lipinski definition) is 2. The van der Waals surface area contributed by atoms with Crippen LogP contribution in [0.15, 0.2) is 4.99 Å². The molecule has 26 heavy (non-hydrogen) atoms. The number of guanidine groups is 1. The van der Waals surface area contributed by atoms with Gasteiger partial charge in [-0.15, -0.1) is 0 Å². The van der Waals surface area contributed by atoms with Crippen molar-refractivity contribution in [3.05, 3.63) is 0 Å². The standard InChI is InChI=1S/C19H32F3N3O/c1-18(2)15(14-5-4-10-26-16(14)18)25-17(23-3)24-11-12-6-8-13(9-7-12)19(20,21)22/h12-16H,4-11H2,1-3H3,(H2,23,24,25). The van der Waals surface area contributed by atoms with Crippen LogP contribution in [0.25, 0.3) is 0 Å². The van der Waals surface area contributed by atoms with E-state index in [0.717, 1.165) is 19.0 Å². The van der Waals surface area contributed by atoms with Crippen LogP contribution in [0.3, 0.4) is 0 Å². The lowest BCUT2D eigenvalue weighted by Gasteiger charge is -2.60. The van der Waals surface area contributed by atoms with E-state index in [-0.39, 0.29) is 24.2 Å². The van der Waals surface area contributed by atoms with E-state index in [1.54, 1.807) is 7.05 Å². The van der Waals surface area contributed by atoms with Crippen LogP contribution >= 0.6 is 0 Å². The molecule has 0 bridgehead atoms. The lowest BCUT2D eigenvalue weighted by atomic mass is 9.55. The summed E-state index contributed by atoms with van der Waals surface area (Å²) in [7, 11) is 1.75. The van der Waals surface area contributed by atoms with Crippen molar-refractivity contribution in [1.29, 1.82) is 0 Å². The van der Waals surface area contributed by atoms with E-state index in [2.05, 4.69) is 29.5 Å². The Morgan fingerprint density at radius 2 is 1.85 bits per heavy atom. The minimum atomic E-state index is -4.04. The summed E-state index contributed by atoms with van der Waals surface area (Å²) in [6, 6.07) is 0.319. The molecule has 0 spiro atoms. The van der Waals surface area contributed by atoms with Crippen molar-refractivity contribution in [2.24, 2.45) is 28.2 Å². The highest BCUT2D eigenvalue weighted by Gasteiger charge is 2.58. The van der Waals surface area contributed by atoms with Gasteiger partial charge in [0.15, 0.2) is 5.96 Å². The molecule has 3 atom stereocenters. The van der Waals surface area contributed by atoms with E-state index in [1.807, 2.05) is 0 Å². The molecule has 0 aromatic carbocycles. The van der Waals surface area contributed by atoms with Crippen LogP contribution in [-0.2, 0) is 4.74 Å². The van der Waals surface area contributed by atoms with Gasteiger partial charge in [0.05, 0.1) is 12.0 Å². The third kappa shape index (κ3) is 3.97. The summed E-state index contributed by atoms with van der Waals surface area (Å²) in [5.74, 6) is 0.437. The Balaban J connectivity index is 1.46. The van der Waals surface area contributed by atoms with Crippen LogP contribution in [-0.4, -0.2) is 44.5 Å². The fraction of sp³-hybridized carbons (Fsp3) is 0.947. The maximum atomic E-state index is 12.8. The molecule has 2 aliphatic carbocycles. The van der Waals surface area contributed by atoms with Gasteiger partial charge in [0.2, 0.25) is 0 Å². The fourth-order valence-corrected chi connectivity index (χ4v) is 5.09. The van der Waals surface area contributed by atoms with E-state index >= 15 is 0 Å². The fourth-order valence-electron chi connectivity index (χ4n) is 5.09. The first kappa shape index (κ1) is 19.8. The number of rotatable bonds is 3. The monoisotopic (exact) mass is 375 g/mol. The minimum Gasteiger partial charge on any atom is -0.377 e. The maximum absolute atomic E-state index is 12.8. The molecule has 0 radical (unpaired) electrons. The average Bonchev–Trinajstić information content (AvgIpc) is 2.61. The first-order valence-electron chi connectivity index (χ1n) is 9.89. The number of nitrogens with zero attached hydrogens (tertiary/aromatic N) is 1. The maximum Gasteiger partial charge on any atom is 0.391 e. The molecule has 1 heterocycles. The zero-order valence-corrected chi connectivity index (χ0v) is 16.0. The largest absolute Gasteiger partial charge is 0.391 e. The first-order valence-corrected chi connectivity index (χ1v) is 9.89. The molecule has 150 valence electrons. The van der Waals surface area contributed by atoms with E-state index < -0.39 is 12.1 Å². The molecule has 2 saturated carbocycles. The number of alkyl halides is 3. The van der Waals surface area contributed by atoms with Crippen LogP contribution in [0.4, 0.5) is 13.2 Å². The molecular formula is C19H32F3N3O. The van der Waals surface area contributed by atoms with Gasteiger partial charge in [-0.25, -0.2) is 0 Å². The topological polar surface area (TPSA) is 45.7 Å². The number of aliphatic imine (C=N–C) groups is 1. The number of halogens is 3. The molecule has 1 aliphatic heterocycles. The SMILES string of the molecule is CN=C(NCC1CCC(C(F)(F)F)CC1)NC1C2CCCOC2C1(C)C. The Morgan fingerprint density at radius 3 is 2.46 bits per heavy atom. The van der Waals surface area contributed by atoms with Gasteiger partial charge in [-0.2, -0.15) is 13.2 Å². The molecule has 3 rings (SSSR count). The molecule has 3 fully saturated rings. The Labute approximate surface area is 154 Å². The van der Waals surface area contributed by atoms with E-state index in [1.165, 1.54) is 6.42 Å². The van der Waals surface area contributed by atoms with Crippen molar-refractivity contribution in [3.8, 4) is 0 Å². The van der Waals surface area contributed by atoms with Crippen LogP contribution in [0.1, 0.15) is 52.4 Å². The Kier molecular flexibility index (Phi) is 5.75. The smallest absolute Gasteiger partial charge is 0.377 e. The summed E-state index contributed by atoms with van der Waals surface area (Å²) >= 11 is 0. The summed E-state index contributed by atoms with van der Waals surface area (Å²) in [4.78, 5) is 4.33. The number of fused-ring (bicyclic) bond motifs is 1. The van der Waals surface area contributed by atoms with Crippen LogP contribution in [0.2, 0.25) is 0 Å². The molecule has 3 unspecified atom stereocenters. The third-order valence-electron chi connectivity index (χ3n) is 6.71. The van der Waals surface area contributed by atoms with Crippen molar-refractivity contribution in [2.45, 2.75) is 70.7 Å². The Morgan fingerprint density at radius 1 is 1.15 bits per heavy atom. The number of nitrogens with one attached hydrogen (secondary N) is 2. The quantitative estimate of drug-likeness (QED) is 0.584. The molecule has 7 heteroatoms. The van der Waals surface area contributed by atoms with Gasteiger partial charge in [0.1, 0.15) is 0 Å². The highest BCUT2D eigenvalue weighted by Crippen LogP contribution is 2.51. The van der Waals surface area contributed by atoms with Gasteiger partial charge in [0.25, 0.3) is 0 Å². The molecule has 4 nitrogen and oxygen atoms in total. The van der Waals surface area contributed by atoms with Gasteiger partial charge < -0.3 is 15.4 Å². The Hall–Kier alpha value is -0.980. The summed E-state index contributed by atoms with van der Waals surface area (Å²) in [6.07, 6.45) is 0.295. The second-order valence-electron chi connectivity index (χ2n) is 8.75. The summed E-state index contributed by atoms with van der Waals surface area (Å²) in [5, 5.41) is 6.89. The Bertz CT molecular complexity index is 513. The normalized spacial score (nSPS) is 37.5. The number of ether oxygens (including phenoxy) is 1. The molecule has 0 aromatic heterocycles. The molecule has 1 saturated heterocycles. The second kappa shape index (κ2) is 7.56. The highest BCUT2D eigenvalue weighted by molar-refractivity contribution is 5.80. The van der Waals surface area contributed by atoms with Gasteiger partial charge >= 0.3 is 6.18 Å². The molecular weight excluding hydrogens is 343 g/mol. The van der Waals surface area contributed by atoms with Crippen LogP contribution in [0.5, 0.6) is 0 Å². The van der Waals surface area contributed by atoms with Gasteiger partial charge in [-0.1, -0.05) is 13.8 Å². The van der Waals surface area contributed by atoms with Crippen molar-refractivity contribution < 1.29 is 17.9 Å². The summed E-state index contributed by atoms with van der Waals surface area (Å²) in [5.41, 5.74) is 0.0630. The van der Waals surface area contributed by atoms with Gasteiger partial charge in [-0.3, -0.25) is 4.99 Å². The first-order chi connectivity index (χ1) is 12.2. The lowest BCUT2D eigenvalue weighted by molar-refractivity contribution is -0.188.